The van der Waals surface area contributed by atoms with Gasteiger partial charge in [-0.05, 0) is 56.2 Å². The molecule has 1 amide bonds. The summed E-state index contributed by atoms with van der Waals surface area (Å²) < 4.78 is 32.8. The number of hydrogen-bond acceptors (Lipinski definition) is 5. The second kappa shape index (κ2) is 9.47. The van der Waals surface area contributed by atoms with E-state index in [1.54, 1.807) is 24.3 Å². The minimum atomic E-state index is -3.80. The van der Waals surface area contributed by atoms with Gasteiger partial charge in [0.05, 0.1) is 34.1 Å². The third-order valence-electron chi connectivity index (χ3n) is 4.86. The largest absolute Gasteiger partial charge is 0.492 e. The minimum Gasteiger partial charge on any atom is -0.492 e. The topological polar surface area (TPSA) is 99.5 Å². The number of nitrogens with one attached hydrogen (secondary N) is 1. The second-order valence-corrected chi connectivity index (χ2v) is 9.25. The van der Waals surface area contributed by atoms with Gasteiger partial charge in [-0.1, -0.05) is 17.7 Å². The number of rotatable bonds is 6. The fourth-order valence-electron chi connectivity index (χ4n) is 3.35. The van der Waals surface area contributed by atoms with E-state index in [1.165, 1.54) is 22.5 Å². The van der Waals surface area contributed by atoms with Crippen molar-refractivity contribution in [3.63, 3.8) is 0 Å². The van der Waals surface area contributed by atoms with Crippen molar-refractivity contribution in [1.29, 1.82) is 5.26 Å². The van der Waals surface area contributed by atoms with Gasteiger partial charge >= 0.3 is 0 Å². The molecule has 1 atom stereocenters. The summed E-state index contributed by atoms with van der Waals surface area (Å²) in [4.78, 5) is 12.8. The van der Waals surface area contributed by atoms with Gasteiger partial charge in [0.2, 0.25) is 15.9 Å². The van der Waals surface area contributed by atoms with E-state index in [4.69, 9.17) is 21.6 Å². The Balaban J connectivity index is 1.73. The molecule has 1 N–H and O–H groups in total. The number of sulfonamides is 1. The van der Waals surface area contributed by atoms with Crippen molar-refractivity contribution in [2.45, 2.75) is 24.7 Å². The molecule has 158 valence electrons. The van der Waals surface area contributed by atoms with Crippen molar-refractivity contribution in [3.05, 3.63) is 53.1 Å². The quantitative estimate of drug-likeness (QED) is 0.728. The number of hydrogen-bond donors (Lipinski definition) is 1. The Labute approximate surface area is 181 Å². The molecular formula is C21H22ClN3O4S. The number of anilines is 1. The Morgan fingerprint density at radius 3 is 2.83 bits per heavy atom. The van der Waals surface area contributed by atoms with Crippen LogP contribution in [0.3, 0.4) is 0 Å². The Morgan fingerprint density at radius 1 is 1.33 bits per heavy atom. The van der Waals surface area contributed by atoms with E-state index in [2.05, 4.69) is 5.32 Å². The van der Waals surface area contributed by atoms with E-state index in [1.807, 2.05) is 13.0 Å². The molecule has 0 radical (unpaired) electrons. The number of piperidine rings is 1. The maximum atomic E-state index is 13.1. The van der Waals surface area contributed by atoms with E-state index in [0.29, 0.717) is 43.0 Å². The normalized spacial score (nSPS) is 17.2. The summed E-state index contributed by atoms with van der Waals surface area (Å²) in [7, 11) is -3.80. The lowest BCUT2D eigenvalue weighted by molar-refractivity contribution is -0.120. The van der Waals surface area contributed by atoms with Crippen LogP contribution in [0.4, 0.5) is 5.69 Å². The summed E-state index contributed by atoms with van der Waals surface area (Å²) in [5, 5.41) is 12.0. The highest BCUT2D eigenvalue weighted by atomic mass is 35.5. The lowest BCUT2D eigenvalue weighted by Crippen LogP contribution is -2.43. The smallest absolute Gasteiger partial charge is 0.243 e. The van der Waals surface area contributed by atoms with Crippen LogP contribution in [0, 0.1) is 17.2 Å². The number of ether oxygens (including phenoxy) is 1. The van der Waals surface area contributed by atoms with Gasteiger partial charge in [-0.3, -0.25) is 4.79 Å². The zero-order chi connectivity index (χ0) is 21.7. The van der Waals surface area contributed by atoms with E-state index in [0.717, 1.165) is 0 Å². The highest BCUT2D eigenvalue weighted by Crippen LogP contribution is 2.30. The van der Waals surface area contributed by atoms with Crippen LogP contribution in [0.1, 0.15) is 25.3 Å². The van der Waals surface area contributed by atoms with Crippen LogP contribution in [0.25, 0.3) is 0 Å². The zero-order valence-corrected chi connectivity index (χ0v) is 18.0. The summed E-state index contributed by atoms with van der Waals surface area (Å²) in [6.07, 6.45) is 1.15. The number of amides is 1. The number of nitrogens with zero attached hydrogens (tertiary/aromatic N) is 2. The Hall–Kier alpha value is -2.60. The number of halogens is 1. The molecule has 7 nitrogen and oxygen atoms in total. The molecule has 2 aromatic carbocycles. The van der Waals surface area contributed by atoms with Gasteiger partial charge in [0, 0.05) is 18.8 Å². The average molecular weight is 448 g/mol. The van der Waals surface area contributed by atoms with Gasteiger partial charge < -0.3 is 10.1 Å². The molecule has 1 fully saturated rings. The fraction of sp³-hybridized carbons (Fsp3) is 0.333. The number of carbonyl (C=O) groups is 1. The maximum Gasteiger partial charge on any atom is 0.243 e. The molecule has 1 aliphatic rings. The molecule has 0 spiro atoms. The molecule has 1 saturated heterocycles. The Morgan fingerprint density at radius 2 is 2.13 bits per heavy atom. The van der Waals surface area contributed by atoms with E-state index < -0.39 is 15.9 Å². The number of carbonyl (C=O) groups excluding carboxylic acids is 1. The zero-order valence-electron chi connectivity index (χ0n) is 16.5. The summed E-state index contributed by atoms with van der Waals surface area (Å²) in [6, 6.07) is 13.0. The van der Waals surface area contributed by atoms with Crippen LogP contribution in [0.5, 0.6) is 5.75 Å². The third kappa shape index (κ3) is 4.93. The first-order valence-corrected chi connectivity index (χ1v) is 11.4. The summed E-state index contributed by atoms with van der Waals surface area (Å²) in [6.45, 7) is 2.65. The van der Waals surface area contributed by atoms with Gasteiger partial charge in [0.1, 0.15) is 5.75 Å². The third-order valence-corrected chi connectivity index (χ3v) is 7.01. The van der Waals surface area contributed by atoms with Crippen molar-refractivity contribution in [2.75, 3.05) is 25.0 Å². The molecular weight excluding hydrogens is 426 g/mol. The molecule has 0 unspecified atom stereocenters. The van der Waals surface area contributed by atoms with Gasteiger partial charge in [0.25, 0.3) is 0 Å². The highest BCUT2D eigenvalue weighted by molar-refractivity contribution is 7.89. The van der Waals surface area contributed by atoms with Crippen molar-refractivity contribution >= 4 is 33.2 Å². The molecule has 3 rings (SSSR count). The monoisotopic (exact) mass is 447 g/mol. The van der Waals surface area contributed by atoms with Gasteiger partial charge in [-0.25, -0.2) is 8.42 Å². The summed E-state index contributed by atoms with van der Waals surface area (Å²) >= 11 is 6.15. The summed E-state index contributed by atoms with van der Waals surface area (Å²) in [5.41, 5.74) is 0.949. The van der Waals surface area contributed by atoms with Crippen molar-refractivity contribution in [2.24, 2.45) is 5.92 Å². The van der Waals surface area contributed by atoms with E-state index >= 15 is 0 Å². The van der Waals surface area contributed by atoms with Crippen LogP contribution < -0.4 is 10.1 Å². The van der Waals surface area contributed by atoms with Crippen LogP contribution in [0.15, 0.2) is 47.4 Å². The van der Waals surface area contributed by atoms with Crippen LogP contribution in [-0.2, 0) is 14.8 Å². The van der Waals surface area contributed by atoms with Crippen molar-refractivity contribution in [3.8, 4) is 11.8 Å². The van der Waals surface area contributed by atoms with Crippen LogP contribution >= 0.6 is 11.6 Å². The Bertz CT molecular complexity index is 1080. The number of benzene rings is 2. The molecule has 2 aromatic rings. The van der Waals surface area contributed by atoms with Gasteiger partial charge in [0.15, 0.2) is 0 Å². The highest BCUT2D eigenvalue weighted by Gasteiger charge is 2.33. The van der Waals surface area contributed by atoms with Crippen molar-refractivity contribution in [1.82, 2.24) is 4.31 Å². The maximum absolute atomic E-state index is 13.1. The predicted octanol–water partition coefficient (Wildman–Crippen LogP) is 3.65. The Kier molecular flexibility index (Phi) is 6.98. The molecule has 30 heavy (non-hydrogen) atoms. The lowest BCUT2D eigenvalue weighted by atomic mass is 9.98. The van der Waals surface area contributed by atoms with Gasteiger partial charge in [-0.2, -0.15) is 9.57 Å². The molecule has 1 heterocycles. The van der Waals surface area contributed by atoms with Gasteiger partial charge in [-0.15, -0.1) is 0 Å². The lowest BCUT2D eigenvalue weighted by Gasteiger charge is -2.31. The number of nitriles is 1. The van der Waals surface area contributed by atoms with Crippen molar-refractivity contribution < 1.29 is 17.9 Å². The van der Waals surface area contributed by atoms with Crippen LogP contribution in [0.2, 0.25) is 5.02 Å². The van der Waals surface area contributed by atoms with Crippen LogP contribution in [-0.4, -0.2) is 38.3 Å². The molecule has 1 aliphatic heterocycles. The average Bonchev–Trinajstić information content (AvgIpc) is 2.75. The first-order chi connectivity index (χ1) is 14.3. The second-order valence-electron chi connectivity index (χ2n) is 6.91. The first-order valence-electron chi connectivity index (χ1n) is 9.58. The summed E-state index contributed by atoms with van der Waals surface area (Å²) in [5.74, 6) is -0.333. The first kappa shape index (κ1) is 22.1. The minimum absolute atomic E-state index is 0.0683. The SMILES string of the molecule is CCOc1ccc(S(=O)(=O)N2CCC[C@H](C(=O)Nc3cccc(C#N)c3)C2)cc1Cl. The molecule has 0 aromatic heterocycles. The predicted molar refractivity (Wildman–Crippen MR) is 114 cm³/mol. The van der Waals surface area contributed by atoms with E-state index in [9.17, 15) is 13.2 Å². The molecule has 0 aliphatic carbocycles. The standard InChI is InChI=1S/C21H22ClN3O4S/c1-2-29-20-9-8-18(12-19(20)22)30(27,28)25-10-4-6-16(14-25)21(26)24-17-7-3-5-15(11-17)13-23/h3,5,7-9,11-12,16H,2,4,6,10,14H2,1H3,(H,24,26)/t16-/m0/s1. The molecule has 9 heteroatoms. The molecule has 0 saturated carbocycles. The fourth-order valence-corrected chi connectivity index (χ4v) is 5.20. The molecule has 0 bridgehead atoms. The van der Waals surface area contributed by atoms with E-state index in [-0.39, 0.29) is 22.4 Å².